The molecule has 1 aromatic rings. The first-order valence-electron chi connectivity index (χ1n) is 5.62. The summed E-state index contributed by atoms with van der Waals surface area (Å²) in [5.74, 6) is 1.15. The van der Waals surface area contributed by atoms with Crippen molar-refractivity contribution in [1.82, 2.24) is 9.97 Å². The van der Waals surface area contributed by atoms with Crippen LogP contribution in [0.5, 0.6) is 0 Å². The van der Waals surface area contributed by atoms with Crippen LogP contribution in [0.2, 0.25) is 0 Å². The quantitative estimate of drug-likeness (QED) is 0.457. The summed E-state index contributed by atoms with van der Waals surface area (Å²) in [5, 5.41) is 0.659. The topological polar surface area (TPSA) is 70.3 Å². The van der Waals surface area contributed by atoms with Gasteiger partial charge in [0.25, 0.3) is 0 Å². The Hall–Kier alpha value is -0.850. The number of ether oxygens (including phenoxy) is 2. The van der Waals surface area contributed by atoms with Crippen molar-refractivity contribution in [2.75, 3.05) is 24.7 Å². The summed E-state index contributed by atoms with van der Waals surface area (Å²) in [6, 6.07) is 1.74. The van der Waals surface area contributed by atoms with Gasteiger partial charge in [0, 0.05) is 25.0 Å². The van der Waals surface area contributed by atoms with Crippen molar-refractivity contribution in [3.8, 4) is 0 Å². The molecule has 0 spiro atoms. The standard InChI is InChI=1S/C11H19N3O2S/c1-4-15-10(16-5-2)7-17-11-13-8(3)6-9(12)14-11/h6,10H,4-5,7H2,1-3H3,(H2,12,13,14). The van der Waals surface area contributed by atoms with Gasteiger partial charge in [-0.15, -0.1) is 0 Å². The van der Waals surface area contributed by atoms with Crippen molar-refractivity contribution in [1.29, 1.82) is 0 Å². The van der Waals surface area contributed by atoms with Gasteiger partial charge in [-0.2, -0.15) is 0 Å². The molecule has 6 heteroatoms. The summed E-state index contributed by atoms with van der Waals surface area (Å²) in [6.07, 6.45) is -0.222. The molecule has 1 aromatic heterocycles. The number of aromatic nitrogens is 2. The van der Waals surface area contributed by atoms with Crippen LogP contribution < -0.4 is 5.73 Å². The van der Waals surface area contributed by atoms with E-state index in [0.29, 0.717) is 29.9 Å². The number of aryl methyl sites for hydroxylation is 1. The zero-order valence-corrected chi connectivity index (χ0v) is 11.3. The summed E-state index contributed by atoms with van der Waals surface area (Å²) < 4.78 is 10.9. The SMILES string of the molecule is CCOC(CSc1nc(C)cc(N)n1)OCC. The molecule has 0 aliphatic rings. The fourth-order valence-corrected chi connectivity index (χ4v) is 2.14. The van der Waals surface area contributed by atoms with Gasteiger partial charge in [-0.3, -0.25) is 0 Å². The van der Waals surface area contributed by atoms with E-state index < -0.39 is 0 Å². The molecule has 0 radical (unpaired) electrons. The summed E-state index contributed by atoms with van der Waals surface area (Å²) in [6.45, 7) is 7.03. The number of hydrogen-bond donors (Lipinski definition) is 1. The van der Waals surface area contributed by atoms with Crippen LogP contribution in [0.3, 0.4) is 0 Å². The van der Waals surface area contributed by atoms with Gasteiger partial charge in [0.2, 0.25) is 0 Å². The van der Waals surface area contributed by atoms with Crippen molar-refractivity contribution in [2.45, 2.75) is 32.2 Å². The molecule has 0 saturated heterocycles. The molecule has 0 amide bonds. The van der Waals surface area contributed by atoms with Crippen LogP contribution in [0, 0.1) is 6.92 Å². The molecule has 1 heterocycles. The highest BCUT2D eigenvalue weighted by molar-refractivity contribution is 7.99. The molecule has 96 valence electrons. The monoisotopic (exact) mass is 257 g/mol. The van der Waals surface area contributed by atoms with Crippen LogP contribution in [0.1, 0.15) is 19.5 Å². The van der Waals surface area contributed by atoms with E-state index in [1.165, 1.54) is 11.8 Å². The predicted molar refractivity (Wildman–Crippen MR) is 68.9 cm³/mol. The first kappa shape index (κ1) is 14.2. The Bertz CT molecular complexity index is 323. The summed E-state index contributed by atoms with van der Waals surface area (Å²) >= 11 is 1.48. The van der Waals surface area contributed by atoms with Gasteiger partial charge in [-0.1, -0.05) is 11.8 Å². The average molecular weight is 257 g/mol. The molecule has 0 aromatic carbocycles. The van der Waals surface area contributed by atoms with Crippen LogP contribution >= 0.6 is 11.8 Å². The minimum atomic E-state index is -0.222. The summed E-state index contributed by atoms with van der Waals surface area (Å²) in [5.41, 5.74) is 6.52. The van der Waals surface area contributed by atoms with Crippen molar-refractivity contribution < 1.29 is 9.47 Å². The molecule has 2 N–H and O–H groups in total. The molecular formula is C11H19N3O2S. The lowest BCUT2D eigenvalue weighted by Gasteiger charge is -2.15. The van der Waals surface area contributed by atoms with E-state index in [0.717, 1.165) is 5.69 Å². The van der Waals surface area contributed by atoms with E-state index in [1.807, 2.05) is 20.8 Å². The highest BCUT2D eigenvalue weighted by atomic mass is 32.2. The van der Waals surface area contributed by atoms with E-state index in [-0.39, 0.29) is 6.29 Å². The molecule has 0 unspecified atom stereocenters. The third-order valence-electron chi connectivity index (χ3n) is 1.91. The largest absolute Gasteiger partial charge is 0.384 e. The normalized spacial score (nSPS) is 11.1. The molecule has 5 nitrogen and oxygen atoms in total. The third-order valence-corrected chi connectivity index (χ3v) is 2.79. The summed E-state index contributed by atoms with van der Waals surface area (Å²) in [4.78, 5) is 8.43. The second-order valence-electron chi connectivity index (χ2n) is 3.37. The lowest BCUT2D eigenvalue weighted by Crippen LogP contribution is -2.20. The number of nitrogen functional groups attached to an aromatic ring is 1. The van der Waals surface area contributed by atoms with E-state index >= 15 is 0 Å². The number of thioether (sulfide) groups is 1. The van der Waals surface area contributed by atoms with Crippen LogP contribution in [0.25, 0.3) is 0 Å². The van der Waals surface area contributed by atoms with Crippen molar-refractivity contribution in [2.24, 2.45) is 0 Å². The van der Waals surface area contributed by atoms with E-state index in [9.17, 15) is 0 Å². The zero-order chi connectivity index (χ0) is 12.7. The molecule has 0 aliphatic carbocycles. The van der Waals surface area contributed by atoms with Crippen LogP contribution in [0.15, 0.2) is 11.2 Å². The third kappa shape index (κ3) is 5.34. The molecule has 0 aliphatic heterocycles. The Morgan fingerprint density at radius 2 is 1.94 bits per heavy atom. The van der Waals surface area contributed by atoms with Gasteiger partial charge in [-0.25, -0.2) is 9.97 Å². The average Bonchev–Trinajstić information content (AvgIpc) is 2.25. The predicted octanol–water partition coefficient (Wildman–Crippen LogP) is 1.86. The molecular weight excluding hydrogens is 238 g/mol. The van der Waals surface area contributed by atoms with Crippen LogP contribution in [-0.4, -0.2) is 35.2 Å². The molecule has 0 saturated carbocycles. The van der Waals surface area contributed by atoms with Crippen molar-refractivity contribution in [3.63, 3.8) is 0 Å². The van der Waals surface area contributed by atoms with Crippen molar-refractivity contribution >= 4 is 17.6 Å². The highest BCUT2D eigenvalue weighted by Crippen LogP contribution is 2.17. The van der Waals surface area contributed by atoms with Crippen LogP contribution in [-0.2, 0) is 9.47 Å². The fourth-order valence-electron chi connectivity index (χ4n) is 1.29. The van der Waals surface area contributed by atoms with Gasteiger partial charge in [0.05, 0.1) is 5.75 Å². The molecule has 0 fully saturated rings. The Morgan fingerprint density at radius 3 is 2.47 bits per heavy atom. The number of nitrogens with zero attached hydrogens (tertiary/aromatic N) is 2. The van der Waals surface area contributed by atoms with Gasteiger partial charge in [-0.05, 0) is 20.8 Å². The molecule has 0 bridgehead atoms. The Balaban J connectivity index is 2.52. The number of hydrogen-bond acceptors (Lipinski definition) is 6. The molecule has 0 atom stereocenters. The number of nitrogens with two attached hydrogens (primary N) is 1. The van der Waals surface area contributed by atoms with Gasteiger partial charge >= 0.3 is 0 Å². The number of anilines is 1. The van der Waals surface area contributed by atoms with Gasteiger partial charge in [0.1, 0.15) is 5.82 Å². The lowest BCUT2D eigenvalue weighted by molar-refractivity contribution is -0.120. The van der Waals surface area contributed by atoms with E-state index in [1.54, 1.807) is 6.07 Å². The minimum absolute atomic E-state index is 0.222. The highest BCUT2D eigenvalue weighted by Gasteiger charge is 2.10. The Morgan fingerprint density at radius 1 is 1.29 bits per heavy atom. The van der Waals surface area contributed by atoms with Crippen molar-refractivity contribution in [3.05, 3.63) is 11.8 Å². The van der Waals surface area contributed by atoms with E-state index in [4.69, 9.17) is 15.2 Å². The first-order valence-corrected chi connectivity index (χ1v) is 6.61. The maximum atomic E-state index is 5.66. The first-order chi connectivity index (χ1) is 8.15. The smallest absolute Gasteiger partial charge is 0.189 e. The summed E-state index contributed by atoms with van der Waals surface area (Å²) in [7, 11) is 0. The lowest BCUT2D eigenvalue weighted by atomic mass is 10.4. The second kappa shape index (κ2) is 7.47. The Labute approximate surface area is 106 Å². The zero-order valence-electron chi connectivity index (χ0n) is 10.5. The number of rotatable bonds is 7. The van der Waals surface area contributed by atoms with Gasteiger partial charge in [0.15, 0.2) is 11.4 Å². The second-order valence-corrected chi connectivity index (χ2v) is 4.36. The maximum Gasteiger partial charge on any atom is 0.189 e. The fraction of sp³-hybridized carbons (Fsp3) is 0.636. The maximum absolute atomic E-state index is 5.66. The molecule has 1 rings (SSSR count). The Kier molecular flexibility index (Phi) is 6.25. The molecule has 17 heavy (non-hydrogen) atoms. The van der Waals surface area contributed by atoms with Gasteiger partial charge < -0.3 is 15.2 Å². The minimum Gasteiger partial charge on any atom is -0.384 e. The van der Waals surface area contributed by atoms with E-state index in [2.05, 4.69) is 9.97 Å². The van der Waals surface area contributed by atoms with Crippen LogP contribution in [0.4, 0.5) is 5.82 Å².